The van der Waals surface area contributed by atoms with Gasteiger partial charge in [-0.05, 0) is 96.0 Å². The normalized spacial score (nSPS) is 24.4. The first-order valence-corrected chi connectivity index (χ1v) is 11.5. The minimum absolute atomic E-state index is 0.513. The highest BCUT2D eigenvalue weighted by atomic mass is 16.3. The van der Waals surface area contributed by atoms with E-state index in [1.165, 1.54) is 70.1 Å². The summed E-state index contributed by atoms with van der Waals surface area (Å²) >= 11 is 0. The second kappa shape index (κ2) is 8.75. The number of fused-ring (bicyclic) bond motifs is 1. The van der Waals surface area contributed by atoms with Crippen LogP contribution in [0.1, 0.15) is 64.0 Å². The third kappa shape index (κ3) is 5.19. The number of hydrogen-bond acceptors (Lipinski definition) is 4. The largest absolute Gasteiger partial charge is 0.386 e. The van der Waals surface area contributed by atoms with Crippen molar-refractivity contribution in [3.8, 4) is 0 Å². The third-order valence-corrected chi connectivity index (χ3v) is 7.02. The van der Waals surface area contributed by atoms with E-state index in [1.807, 2.05) is 26.0 Å². The van der Waals surface area contributed by atoms with Crippen molar-refractivity contribution in [2.45, 2.75) is 64.0 Å². The summed E-state index contributed by atoms with van der Waals surface area (Å²) in [5.74, 6) is 1.70. The Kier molecular flexibility index (Phi) is 6.28. The van der Waals surface area contributed by atoms with Gasteiger partial charge in [-0.2, -0.15) is 5.10 Å². The fourth-order valence-electron chi connectivity index (χ4n) is 5.22. The van der Waals surface area contributed by atoms with E-state index in [1.54, 1.807) is 0 Å². The van der Waals surface area contributed by atoms with Crippen LogP contribution in [0.2, 0.25) is 0 Å². The van der Waals surface area contributed by atoms with E-state index >= 15 is 0 Å². The zero-order valence-electron chi connectivity index (χ0n) is 18.4. The first-order valence-electron chi connectivity index (χ1n) is 11.5. The average Bonchev–Trinajstić information content (AvgIpc) is 3.12. The van der Waals surface area contributed by atoms with Gasteiger partial charge < -0.3 is 15.3 Å². The molecular formula is C24H38N4O. The molecule has 0 atom stereocenters. The molecule has 1 aliphatic carbocycles. The summed E-state index contributed by atoms with van der Waals surface area (Å²) in [7, 11) is 2.31. The third-order valence-electron chi connectivity index (χ3n) is 7.02. The van der Waals surface area contributed by atoms with Crippen molar-refractivity contribution in [1.82, 2.24) is 20.0 Å². The highest BCUT2D eigenvalue weighted by Gasteiger charge is 2.25. The Labute approximate surface area is 175 Å². The molecule has 5 nitrogen and oxygen atoms in total. The molecule has 29 heavy (non-hydrogen) atoms. The van der Waals surface area contributed by atoms with E-state index in [4.69, 9.17) is 5.10 Å². The van der Waals surface area contributed by atoms with Crippen molar-refractivity contribution in [2.75, 3.05) is 33.2 Å². The van der Waals surface area contributed by atoms with Crippen LogP contribution < -0.4 is 5.32 Å². The van der Waals surface area contributed by atoms with Crippen molar-refractivity contribution in [3.05, 3.63) is 30.0 Å². The van der Waals surface area contributed by atoms with Crippen molar-refractivity contribution in [2.24, 2.45) is 11.8 Å². The average molecular weight is 399 g/mol. The van der Waals surface area contributed by atoms with Crippen LogP contribution in [0.5, 0.6) is 0 Å². The Bertz CT molecular complexity index is 795. The molecule has 0 radical (unpaired) electrons. The van der Waals surface area contributed by atoms with E-state index < -0.39 is 5.60 Å². The van der Waals surface area contributed by atoms with Crippen molar-refractivity contribution in [1.29, 1.82) is 0 Å². The maximum atomic E-state index is 10.3. The molecule has 2 aromatic rings. The lowest BCUT2D eigenvalue weighted by atomic mass is 9.85. The topological polar surface area (TPSA) is 53.3 Å². The predicted molar refractivity (Wildman–Crippen MR) is 119 cm³/mol. The van der Waals surface area contributed by atoms with Crippen LogP contribution in [0.15, 0.2) is 24.4 Å². The molecule has 0 unspecified atom stereocenters. The monoisotopic (exact) mass is 398 g/mol. The number of aromatic nitrogens is 2. The van der Waals surface area contributed by atoms with Gasteiger partial charge in [-0.25, -0.2) is 0 Å². The second-order valence-electron chi connectivity index (χ2n) is 10.0. The summed E-state index contributed by atoms with van der Waals surface area (Å²) in [4.78, 5) is 2.58. The standard InChI is InChI=1S/C24H38N4O/c1-24(2,29)21-7-6-20-17-28(26-23(20)14-21)22-8-4-18(5-9-22)15-27(3)16-19-10-12-25-13-11-19/h6-7,14,17-19,22,25,29H,4-5,8-13,15-16H2,1-3H3. The van der Waals surface area contributed by atoms with E-state index in [0.717, 1.165) is 22.9 Å². The molecule has 2 N–H and O–H groups in total. The number of nitrogens with zero attached hydrogens (tertiary/aromatic N) is 3. The molecule has 0 spiro atoms. The quantitative estimate of drug-likeness (QED) is 0.774. The number of piperidine rings is 1. The van der Waals surface area contributed by atoms with Gasteiger partial charge in [0.25, 0.3) is 0 Å². The lowest BCUT2D eigenvalue weighted by Gasteiger charge is -2.33. The summed E-state index contributed by atoms with van der Waals surface area (Å²) in [5.41, 5.74) is 1.10. The van der Waals surface area contributed by atoms with Crippen LogP contribution in [-0.4, -0.2) is 53.0 Å². The lowest BCUT2D eigenvalue weighted by Crippen LogP contribution is -2.37. The second-order valence-corrected chi connectivity index (χ2v) is 10.0. The van der Waals surface area contributed by atoms with Crippen LogP contribution in [0.25, 0.3) is 10.9 Å². The van der Waals surface area contributed by atoms with E-state index in [9.17, 15) is 5.11 Å². The Morgan fingerprint density at radius 3 is 2.38 bits per heavy atom. The number of benzene rings is 1. The van der Waals surface area contributed by atoms with Crippen LogP contribution in [-0.2, 0) is 5.60 Å². The first-order chi connectivity index (χ1) is 13.9. The van der Waals surface area contributed by atoms with Gasteiger partial charge >= 0.3 is 0 Å². The Morgan fingerprint density at radius 1 is 1.07 bits per heavy atom. The Morgan fingerprint density at radius 2 is 1.72 bits per heavy atom. The Balaban J connectivity index is 1.31. The molecule has 0 bridgehead atoms. The molecule has 160 valence electrons. The van der Waals surface area contributed by atoms with E-state index in [0.29, 0.717) is 6.04 Å². The first kappa shape index (κ1) is 20.8. The van der Waals surface area contributed by atoms with Gasteiger partial charge in [0.05, 0.1) is 17.2 Å². The summed E-state index contributed by atoms with van der Waals surface area (Å²) in [6, 6.07) is 6.66. The number of nitrogens with one attached hydrogen (secondary N) is 1. The summed E-state index contributed by atoms with van der Waals surface area (Å²) < 4.78 is 2.19. The predicted octanol–water partition coefficient (Wildman–Crippen LogP) is 3.93. The summed E-state index contributed by atoms with van der Waals surface area (Å²) in [6.45, 7) is 8.55. The van der Waals surface area contributed by atoms with Gasteiger partial charge in [0.1, 0.15) is 0 Å². The molecular weight excluding hydrogens is 360 g/mol. The smallest absolute Gasteiger partial charge is 0.0927 e. The highest BCUT2D eigenvalue weighted by molar-refractivity contribution is 5.79. The maximum absolute atomic E-state index is 10.3. The zero-order valence-corrected chi connectivity index (χ0v) is 18.4. The molecule has 0 amide bonds. The highest BCUT2D eigenvalue weighted by Crippen LogP contribution is 2.33. The van der Waals surface area contributed by atoms with Crippen LogP contribution in [0.3, 0.4) is 0 Å². The van der Waals surface area contributed by atoms with Crippen LogP contribution in [0, 0.1) is 11.8 Å². The zero-order chi connectivity index (χ0) is 20.4. The van der Waals surface area contributed by atoms with Gasteiger partial charge in [-0.1, -0.05) is 12.1 Å². The van der Waals surface area contributed by atoms with E-state index in [2.05, 4.69) is 34.2 Å². The number of rotatable bonds is 6. The van der Waals surface area contributed by atoms with Gasteiger partial charge in [0.15, 0.2) is 0 Å². The van der Waals surface area contributed by atoms with Crippen molar-refractivity contribution >= 4 is 10.9 Å². The molecule has 1 aromatic carbocycles. The van der Waals surface area contributed by atoms with Crippen LogP contribution >= 0.6 is 0 Å². The van der Waals surface area contributed by atoms with Gasteiger partial charge in [0.2, 0.25) is 0 Å². The SMILES string of the molecule is CN(CC1CCNCC1)CC1CCC(n2cc3ccc(C(C)(C)O)cc3n2)CC1. The molecule has 1 saturated heterocycles. The molecule has 1 aromatic heterocycles. The fraction of sp³-hybridized carbons (Fsp3) is 0.708. The van der Waals surface area contributed by atoms with Crippen LogP contribution in [0.4, 0.5) is 0 Å². The van der Waals surface area contributed by atoms with E-state index in [-0.39, 0.29) is 0 Å². The molecule has 2 aliphatic rings. The van der Waals surface area contributed by atoms with Crippen molar-refractivity contribution in [3.63, 3.8) is 0 Å². The van der Waals surface area contributed by atoms with Gasteiger partial charge in [-0.15, -0.1) is 0 Å². The number of aliphatic hydroxyl groups is 1. The number of hydrogen-bond donors (Lipinski definition) is 2. The minimum Gasteiger partial charge on any atom is -0.386 e. The van der Waals surface area contributed by atoms with Crippen molar-refractivity contribution < 1.29 is 5.11 Å². The molecule has 5 heteroatoms. The molecule has 4 rings (SSSR count). The maximum Gasteiger partial charge on any atom is 0.0927 e. The lowest BCUT2D eigenvalue weighted by molar-refractivity contribution is 0.0787. The molecule has 1 aliphatic heterocycles. The summed E-state index contributed by atoms with van der Waals surface area (Å²) in [6.07, 6.45) is 9.89. The van der Waals surface area contributed by atoms with Gasteiger partial charge in [-0.3, -0.25) is 4.68 Å². The molecule has 2 heterocycles. The molecule has 1 saturated carbocycles. The molecule has 2 fully saturated rings. The van der Waals surface area contributed by atoms with Gasteiger partial charge in [0, 0.05) is 24.7 Å². The fourth-order valence-corrected chi connectivity index (χ4v) is 5.22. The Hall–Kier alpha value is -1.43. The minimum atomic E-state index is -0.823. The summed E-state index contributed by atoms with van der Waals surface area (Å²) in [5, 5.41) is 19.8.